The van der Waals surface area contributed by atoms with Crippen LogP contribution in [-0.4, -0.2) is 25.1 Å². The summed E-state index contributed by atoms with van der Waals surface area (Å²) in [6, 6.07) is 21.9. The van der Waals surface area contributed by atoms with Crippen LogP contribution < -0.4 is 14.8 Å². The van der Waals surface area contributed by atoms with Crippen molar-refractivity contribution in [1.29, 1.82) is 0 Å². The fourth-order valence-electron chi connectivity index (χ4n) is 3.22. The van der Waals surface area contributed by atoms with Crippen LogP contribution in [0.2, 0.25) is 5.02 Å². The molecule has 150 valence electrons. The average Bonchev–Trinajstić information content (AvgIpc) is 2.79. The number of pyridine rings is 1. The fourth-order valence-corrected chi connectivity index (χ4v) is 3.35. The molecule has 0 aliphatic heterocycles. The first-order valence-corrected chi connectivity index (χ1v) is 9.66. The van der Waals surface area contributed by atoms with Gasteiger partial charge in [0.15, 0.2) is 0 Å². The highest BCUT2D eigenvalue weighted by Crippen LogP contribution is 2.31. The molecule has 1 N–H and O–H groups in total. The van der Waals surface area contributed by atoms with E-state index in [1.54, 1.807) is 50.6 Å². The second-order valence-corrected chi connectivity index (χ2v) is 7.04. The molecule has 4 rings (SSSR count). The first kappa shape index (κ1) is 19.7. The molecule has 0 aliphatic rings. The van der Waals surface area contributed by atoms with Gasteiger partial charge in [0.1, 0.15) is 11.5 Å². The Morgan fingerprint density at radius 2 is 1.70 bits per heavy atom. The molecule has 3 aromatic carbocycles. The zero-order valence-electron chi connectivity index (χ0n) is 16.5. The first-order chi connectivity index (χ1) is 14.6. The summed E-state index contributed by atoms with van der Waals surface area (Å²) in [7, 11) is 3.12. The normalized spacial score (nSPS) is 10.6. The summed E-state index contributed by atoms with van der Waals surface area (Å²) in [5.74, 6) is 0.899. The molecule has 0 saturated heterocycles. The van der Waals surface area contributed by atoms with Gasteiger partial charge in [-0.05, 0) is 36.4 Å². The largest absolute Gasteiger partial charge is 0.497 e. The Hall–Kier alpha value is -3.57. The van der Waals surface area contributed by atoms with Crippen molar-refractivity contribution in [3.8, 4) is 22.8 Å². The summed E-state index contributed by atoms with van der Waals surface area (Å²) >= 11 is 6.01. The molecule has 0 radical (unpaired) electrons. The maximum Gasteiger partial charge on any atom is 0.256 e. The monoisotopic (exact) mass is 418 g/mol. The van der Waals surface area contributed by atoms with Crippen LogP contribution in [0.5, 0.6) is 11.5 Å². The number of nitrogens with one attached hydrogen (secondary N) is 1. The van der Waals surface area contributed by atoms with Gasteiger partial charge in [-0.1, -0.05) is 41.9 Å². The highest BCUT2D eigenvalue weighted by molar-refractivity contribution is 6.30. The van der Waals surface area contributed by atoms with Crippen LogP contribution in [0.15, 0.2) is 72.8 Å². The molecule has 1 heterocycles. The third kappa shape index (κ3) is 3.93. The van der Waals surface area contributed by atoms with E-state index in [0.29, 0.717) is 33.5 Å². The van der Waals surface area contributed by atoms with Crippen molar-refractivity contribution in [2.24, 2.45) is 0 Å². The number of fused-ring (bicyclic) bond motifs is 1. The number of benzene rings is 3. The number of aromatic nitrogens is 1. The molecule has 1 aromatic heterocycles. The van der Waals surface area contributed by atoms with Gasteiger partial charge in [-0.3, -0.25) is 4.79 Å². The minimum Gasteiger partial charge on any atom is -0.497 e. The molecule has 0 saturated carbocycles. The summed E-state index contributed by atoms with van der Waals surface area (Å²) in [6.45, 7) is 0. The predicted molar refractivity (Wildman–Crippen MR) is 120 cm³/mol. The number of carbonyl (C=O) groups excluding carboxylic acids is 1. The SMILES string of the molecule is COc1ccc(NC(=O)c2cc(-c3ccc(Cl)cc3)nc3ccccc23)c(OC)c1. The van der Waals surface area contributed by atoms with Gasteiger partial charge in [-0.15, -0.1) is 0 Å². The Balaban J connectivity index is 1.77. The maximum absolute atomic E-state index is 13.2. The number of halogens is 1. The lowest BCUT2D eigenvalue weighted by Gasteiger charge is -2.13. The van der Waals surface area contributed by atoms with E-state index < -0.39 is 0 Å². The third-order valence-electron chi connectivity index (χ3n) is 4.76. The molecule has 4 aromatic rings. The average molecular weight is 419 g/mol. The molecular formula is C24H19ClN2O3. The van der Waals surface area contributed by atoms with Gasteiger partial charge < -0.3 is 14.8 Å². The van der Waals surface area contributed by atoms with E-state index in [-0.39, 0.29) is 5.91 Å². The Labute approximate surface area is 179 Å². The number of amides is 1. The number of anilines is 1. The van der Waals surface area contributed by atoms with Crippen molar-refractivity contribution in [3.63, 3.8) is 0 Å². The molecule has 0 spiro atoms. The highest BCUT2D eigenvalue weighted by atomic mass is 35.5. The van der Waals surface area contributed by atoms with Crippen molar-refractivity contribution in [2.75, 3.05) is 19.5 Å². The zero-order chi connectivity index (χ0) is 21.1. The van der Waals surface area contributed by atoms with Crippen molar-refractivity contribution in [3.05, 3.63) is 83.4 Å². The molecule has 0 atom stereocenters. The van der Waals surface area contributed by atoms with Gasteiger partial charge >= 0.3 is 0 Å². The van der Waals surface area contributed by atoms with Gasteiger partial charge in [0.25, 0.3) is 5.91 Å². The number of carbonyl (C=O) groups is 1. The van der Waals surface area contributed by atoms with Gasteiger partial charge in [-0.25, -0.2) is 4.98 Å². The standard InChI is InChI=1S/C24H19ClN2O3/c1-29-17-11-12-21(23(13-17)30-2)27-24(28)19-14-22(15-7-9-16(25)10-8-15)26-20-6-4-3-5-18(19)20/h3-14H,1-2H3,(H,27,28). The number of para-hydroxylation sites is 1. The maximum atomic E-state index is 13.2. The van der Waals surface area contributed by atoms with Crippen LogP contribution in [0.25, 0.3) is 22.2 Å². The number of ether oxygens (including phenoxy) is 2. The predicted octanol–water partition coefficient (Wildman–Crippen LogP) is 5.82. The van der Waals surface area contributed by atoms with Crippen LogP contribution >= 0.6 is 11.6 Å². The van der Waals surface area contributed by atoms with E-state index in [1.807, 2.05) is 36.4 Å². The van der Waals surface area contributed by atoms with E-state index in [4.69, 9.17) is 26.1 Å². The lowest BCUT2D eigenvalue weighted by Crippen LogP contribution is -2.14. The lowest BCUT2D eigenvalue weighted by atomic mass is 10.0. The van der Waals surface area contributed by atoms with Gasteiger partial charge in [-0.2, -0.15) is 0 Å². The van der Waals surface area contributed by atoms with Crippen molar-refractivity contribution < 1.29 is 14.3 Å². The minimum absolute atomic E-state index is 0.257. The van der Waals surface area contributed by atoms with Crippen LogP contribution in [0.3, 0.4) is 0 Å². The van der Waals surface area contributed by atoms with Crippen molar-refractivity contribution in [1.82, 2.24) is 4.98 Å². The van der Waals surface area contributed by atoms with E-state index in [2.05, 4.69) is 5.32 Å². The van der Waals surface area contributed by atoms with Gasteiger partial charge in [0.05, 0.1) is 36.7 Å². The quantitative estimate of drug-likeness (QED) is 0.443. The van der Waals surface area contributed by atoms with Crippen LogP contribution in [-0.2, 0) is 0 Å². The summed E-state index contributed by atoms with van der Waals surface area (Å²) < 4.78 is 10.6. The molecule has 30 heavy (non-hydrogen) atoms. The topological polar surface area (TPSA) is 60.5 Å². The van der Waals surface area contributed by atoms with Gasteiger partial charge in [0, 0.05) is 22.0 Å². The van der Waals surface area contributed by atoms with Crippen molar-refractivity contribution >= 4 is 34.1 Å². The molecule has 6 heteroatoms. The third-order valence-corrected chi connectivity index (χ3v) is 5.01. The molecule has 0 aliphatic carbocycles. The number of rotatable bonds is 5. The summed E-state index contributed by atoms with van der Waals surface area (Å²) in [4.78, 5) is 18.0. The number of hydrogen-bond acceptors (Lipinski definition) is 4. The van der Waals surface area contributed by atoms with E-state index in [0.717, 1.165) is 16.5 Å². The summed E-state index contributed by atoms with van der Waals surface area (Å²) in [6.07, 6.45) is 0. The molecule has 0 fully saturated rings. The molecule has 0 bridgehead atoms. The van der Waals surface area contributed by atoms with E-state index in [9.17, 15) is 4.79 Å². The summed E-state index contributed by atoms with van der Waals surface area (Å²) in [5.41, 5.74) is 3.37. The Kier molecular flexibility index (Phi) is 5.55. The number of hydrogen-bond donors (Lipinski definition) is 1. The lowest BCUT2D eigenvalue weighted by molar-refractivity contribution is 0.102. The minimum atomic E-state index is -0.257. The number of methoxy groups -OCH3 is 2. The zero-order valence-corrected chi connectivity index (χ0v) is 17.2. The molecular weight excluding hydrogens is 400 g/mol. The smallest absolute Gasteiger partial charge is 0.256 e. The van der Waals surface area contributed by atoms with E-state index >= 15 is 0 Å². The number of nitrogens with zero attached hydrogens (tertiary/aromatic N) is 1. The van der Waals surface area contributed by atoms with E-state index in [1.165, 1.54) is 0 Å². The molecule has 5 nitrogen and oxygen atoms in total. The van der Waals surface area contributed by atoms with Crippen molar-refractivity contribution in [2.45, 2.75) is 0 Å². The Morgan fingerprint density at radius 3 is 2.43 bits per heavy atom. The first-order valence-electron chi connectivity index (χ1n) is 9.28. The van der Waals surface area contributed by atoms with Crippen LogP contribution in [0.1, 0.15) is 10.4 Å². The Bertz CT molecular complexity index is 1220. The van der Waals surface area contributed by atoms with Crippen LogP contribution in [0, 0.1) is 0 Å². The second kappa shape index (κ2) is 8.43. The highest BCUT2D eigenvalue weighted by Gasteiger charge is 2.16. The second-order valence-electron chi connectivity index (χ2n) is 6.60. The van der Waals surface area contributed by atoms with Gasteiger partial charge in [0.2, 0.25) is 0 Å². The molecule has 1 amide bonds. The molecule has 0 unspecified atom stereocenters. The van der Waals surface area contributed by atoms with Crippen LogP contribution in [0.4, 0.5) is 5.69 Å². The fraction of sp³-hybridized carbons (Fsp3) is 0.0833. The summed E-state index contributed by atoms with van der Waals surface area (Å²) in [5, 5.41) is 4.35. The Morgan fingerprint density at radius 1 is 0.933 bits per heavy atom.